The molecule has 4 aliphatic rings. The number of guanidine groups is 1. The van der Waals surface area contributed by atoms with E-state index in [2.05, 4.69) is 34.4 Å². The van der Waals surface area contributed by atoms with Gasteiger partial charge < -0.3 is 15.4 Å². The molecular weight excluding hydrogens is 324 g/mol. The lowest BCUT2D eigenvalue weighted by atomic mass is 9.54. The lowest BCUT2D eigenvalue weighted by Gasteiger charge is -2.57. The normalized spacial score (nSPS) is 34.6. The molecule has 2 heterocycles. The van der Waals surface area contributed by atoms with Gasteiger partial charge >= 0.3 is 0 Å². The zero-order chi connectivity index (χ0) is 18.2. The fourth-order valence-corrected chi connectivity index (χ4v) is 6.16. The summed E-state index contributed by atoms with van der Waals surface area (Å²) in [6.07, 6.45) is 11.1. The van der Waals surface area contributed by atoms with Crippen LogP contribution < -0.4 is 10.6 Å². The van der Waals surface area contributed by atoms with E-state index in [-0.39, 0.29) is 5.54 Å². The van der Waals surface area contributed by atoms with Crippen molar-refractivity contribution in [3.05, 3.63) is 0 Å². The molecule has 0 amide bonds. The summed E-state index contributed by atoms with van der Waals surface area (Å²) >= 11 is 0. The second-order valence-electron chi connectivity index (χ2n) is 9.59. The average Bonchev–Trinajstić information content (AvgIpc) is 3.31. The van der Waals surface area contributed by atoms with Gasteiger partial charge in [-0.15, -0.1) is 0 Å². The average molecular weight is 363 g/mol. The number of likely N-dealkylation sites (tertiary alicyclic amines) is 1. The molecule has 148 valence electrons. The van der Waals surface area contributed by atoms with Crippen molar-refractivity contribution in [3.63, 3.8) is 0 Å². The minimum Gasteiger partial charge on any atom is -0.377 e. The molecule has 4 fully saturated rings. The van der Waals surface area contributed by atoms with E-state index in [1.54, 1.807) is 0 Å². The monoisotopic (exact) mass is 362 g/mol. The Bertz CT molecular complexity index is 520. The first-order valence-corrected chi connectivity index (χ1v) is 10.9. The smallest absolute Gasteiger partial charge is 0.191 e. The molecule has 2 saturated carbocycles. The lowest BCUT2D eigenvalue weighted by Crippen LogP contribution is -2.69. The summed E-state index contributed by atoms with van der Waals surface area (Å²) < 4.78 is 6.12. The molecule has 0 aromatic rings. The van der Waals surface area contributed by atoms with E-state index in [0.717, 1.165) is 19.1 Å². The quantitative estimate of drug-likeness (QED) is 0.596. The molecule has 3 unspecified atom stereocenters. The molecular formula is C21H38N4O. The molecule has 2 N–H and O–H groups in total. The number of nitrogens with one attached hydrogen (secondary N) is 2. The van der Waals surface area contributed by atoms with Crippen molar-refractivity contribution < 1.29 is 4.74 Å². The fourth-order valence-electron chi connectivity index (χ4n) is 6.16. The summed E-state index contributed by atoms with van der Waals surface area (Å²) in [5.74, 6) is 1.67. The maximum atomic E-state index is 6.12. The topological polar surface area (TPSA) is 48.9 Å². The predicted molar refractivity (Wildman–Crippen MR) is 107 cm³/mol. The number of hydrogen-bond acceptors (Lipinski definition) is 3. The number of nitrogens with zero attached hydrogens (tertiary/aromatic N) is 2. The third-order valence-electron chi connectivity index (χ3n) is 7.70. The van der Waals surface area contributed by atoms with Crippen LogP contribution in [0.2, 0.25) is 0 Å². The molecule has 0 aromatic carbocycles. The Balaban J connectivity index is 1.36. The van der Waals surface area contributed by atoms with Gasteiger partial charge in [-0.05, 0) is 59.0 Å². The lowest BCUT2D eigenvalue weighted by molar-refractivity contribution is -0.125. The highest BCUT2D eigenvalue weighted by molar-refractivity contribution is 5.80. The third kappa shape index (κ3) is 3.15. The van der Waals surface area contributed by atoms with Gasteiger partial charge in [0.25, 0.3) is 0 Å². The Labute approximate surface area is 159 Å². The van der Waals surface area contributed by atoms with E-state index in [4.69, 9.17) is 4.74 Å². The summed E-state index contributed by atoms with van der Waals surface area (Å²) in [7, 11) is 1.91. The Kier molecular flexibility index (Phi) is 5.21. The van der Waals surface area contributed by atoms with E-state index in [1.165, 1.54) is 64.5 Å². The molecule has 3 atom stereocenters. The second kappa shape index (κ2) is 7.31. The highest BCUT2D eigenvalue weighted by Crippen LogP contribution is 2.60. The van der Waals surface area contributed by atoms with Gasteiger partial charge in [0.1, 0.15) is 0 Å². The van der Waals surface area contributed by atoms with Crippen molar-refractivity contribution in [2.45, 2.75) is 82.9 Å². The maximum absolute atomic E-state index is 6.12. The zero-order valence-corrected chi connectivity index (χ0v) is 17.0. The van der Waals surface area contributed by atoms with Crippen molar-refractivity contribution in [2.75, 3.05) is 33.3 Å². The van der Waals surface area contributed by atoms with Crippen molar-refractivity contribution >= 4 is 5.96 Å². The van der Waals surface area contributed by atoms with Crippen LogP contribution in [0.3, 0.4) is 0 Å². The Morgan fingerprint density at radius 3 is 2.58 bits per heavy atom. The van der Waals surface area contributed by atoms with Crippen molar-refractivity contribution in [3.8, 4) is 0 Å². The summed E-state index contributed by atoms with van der Waals surface area (Å²) in [5, 5.41) is 7.47. The standard InChI is InChI=1S/C21H38N4O/c1-20(2,25-12-7-4-8-13-25)15-23-19(22-3)24-17-16-9-14-26-18(16)21(17)10-5-6-11-21/h16-18H,4-15H2,1-3H3,(H2,22,23,24). The van der Waals surface area contributed by atoms with E-state index in [1.807, 2.05) is 7.05 Å². The Morgan fingerprint density at radius 2 is 1.88 bits per heavy atom. The van der Waals surface area contributed by atoms with Crippen LogP contribution >= 0.6 is 0 Å². The van der Waals surface area contributed by atoms with Crippen LogP contribution in [-0.4, -0.2) is 61.8 Å². The number of hydrogen-bond donors (Lipinski definition) is 2. The predicted octanol–water partition coefficient (Wildman–Crippen LogP) is 2.76. The van der Waals surface area contributed by atoms with E-state index in [9.17, 15) is 0 Å². The second-order valence-corrected chi connectivity index (χ2v) is 9.59. The number of fused-ring (bicyclic) bond motifs is 2. The minimum absolute atomic E-state index is 0.168. The first kappa shape index (κ1) is 18.5. The zero-order valence-electron chi connectivity index (χ0n) is 17.0. The first-order valence-electron chi connectivity index (χ1n) is 10.9. The fraction of sp³-hybridized carbons (Fsp3) is 0.952. The maximum Gasteiger partial charge on any atom is 0.191 e. The number of aliphatic imine (C=N–C) groups is 1. The van der Waals surface area contributed by atoms with Crippen molar-refractivity contribution in [1.82, 2.24) is 15.5 Å². The van der Waals surface area contributed by atoms with Gasteiger partial charge in [0.05, 0.1) is 6.10 Å². The van der Waals surface area contributed by atoms with Crippen LogP contribution in [0.15, 0.2) is 4.99 Å². The van der Waals surface area contributed by atoms with Crippen LogP contribution in [0, 0.1) is 11.3 Å². The molecule has 0 radical (unpaired) electrons. The SMILES string of the molecule is CN=C(NCC(C)(C)N1CCCCC1)NC1C2CCOC2C12CCCC2. The molecule has 0 bridgehead atoms. The minimum atomic E-state index is 0.168. The number of ether oxygens (including phenoxy) is 1. The molecule has 4 rings (SSSR count). The van der Waals surface area contributed by atoms with E-state index >= 15 is 0 Å². The van der Waals surface area contributed by atoms with E-state index < -0.39 is 0 Å². The van der Waals surface area contributed by atoms with Gasteiger partial charge in [-0.25, -0.2) is 0 Å². The van der Waals surface area contributed by atoms with Crippen LogP contribution in [0.4, 0.5) is 0 Å². The molecule has 2 aliphatic heterocycles. The molecule has 26 heavy (non-hydrogen) atoms. The van der Waals surface area contributed by atoms with Crippen LogP contribution in [-0.2, 0) is 4.74 Å². The third-order valence-corrected chi connectivity index (χ3v) is 7.70. The van der Waals surface area contributed by atoms with E-state index in [0.29, 0.717) is 23.5 Å². The van der Waals surface area contributed by atoms with Gasteiger partial charge in [-0.2, -0.15) is 0 Å². The number of piperidine rings is 1. The van der Waals surface area contributed by atoms with Gasteiger partial charge in [-0.3, -0.25) is 9.89 Å². The van der Waals surface area contributed by atoms with Crippen LogP contribution in [0.5, 0.6) is 0 Å². The summed E-state index contributed by atoms with van der Waals surface area (Å²) in [6, 6.07) is 0.543. The molecule has 2 saturated heterocycles. The highest BCUT2D eigenvalue weighted by atomic mass is 16.5. The van der Waals surface area contributed by atoms with Gasteiger partial charge in [0.2, 0.25) is 0 Å². The largest absolute Gasteiger partial charge is 0.377 e. The van der Waals surface area contributed by atoms with Crippen molar-refractivity contribution in [1.29, 1.82) is 0 Å². The number of rotatable bonds is 4. The van der Waals surface area contributed by atoms with Crippen LogP contribution in [0.1, 0.15) is 65.2 Å². The summed E-state index contributed by atoms with van der Waals surface area (Å²) in [6.45, 7) is 9.07. The summed E-state index contributed by atoms with van der Waals surface area (Å²) in [4.78, 5) is 7.20. The van der Waals surface area contributed by atoms with Crippen LogP contribution in [0.25, 0.3) is 0 Å². The molecule has 5 heteroatoms. The summed E-state index contributed by atoms with van der Waals surface area (Å²) in [5.41, 5.74) is 0.545. The molecule has 0 aromatic heterocycles. The Morgan fingerprint density at radius 1 is 1.15 bits per heavy atom. The van der Waals surface area contributed by atoms with Gasteiger partial charge in [0, 0.05) is 43.1 Å². The van der Waals surface area contributed by atoms with Gasteiger partial charge in [0.15, 0.2) is 5.96 Å². The first-order chi connectivity index (χ1) is 12.6. The molecule has 2 aliphatic carbocycles. The molecule has 5 nitrogen and oxygen atoms in total. The molecule has 1 spiro atoms. The highest BCUT2D eigenvalue weighted by Gasteiger charge is 2.65. The van der Waals surface area contributed by atoms with Crippen molar-refractivity contribution in [2.24, 2.45) is 16.3 Å². The Hall–Kier alpha value is -0.810. The van der Waals surface area contributed by atoms with Gasteiger partial charge in [-0.1, -0.05) is 19.3 Å².